The maximum absolute atomic E-state index is 12.5. The van der Waals surface area contributed by atoms with E-state index in [9.17, 15) is 26.7 Å². The Morgan fingerprint density at radius 1 is 1.29 bits per heavy atom. The number of hydrogen-bond acceptors (Lipinski definition) is 2. The maximum atomic E-state index is 12.5. The zero-order valence-corrected chi connectivity index (χ0v) is 8.61. The Morgan fingerprint density at radius 3 is 2.18 bits per heavy atom. The predicted octanol–water partition coefficient (Wildman–Crippen LogP) is 3.43. The van der Waals surface area contributed by atoms with E-state index in [4.69, 9.17) is 5.73 Å². The molecule has 0 bridgehead atoms. The standard InChI is InChI=1S/C10H8F5NO/c1-4(17)5-2-6(10(13,14)15)8(9(11)12)7(16)3-5/h2-3,9H,16H2,1H3. The summed E-state index contributed by atoms with van der Waals surface area (Å²) in [6.07, 6.45) is -8.33. The van der Waals surface area contributed by atoms with Gasteiger partial charge in [0.2, 0.25) is 0 Å². The summed E-state index contributed by atoms with van der Waals surface area (Å²) < 4.78 is 62.6. The van der Waals surface area contributed by atoms with Crippen LogP contribution in [0, 0.1) is 0 Å². The summed E-state index contributed by atoms with van der Waals surface area (Å²) in [5.41, 5.74) is 1.18. The largest absolute Gasteiger partial charge is 0.416 e. The number of carbonyl (C=O) groups excluding carboxylic acids is 1. The number of benzene rings is 1. The zero-order valence-electron chi connectivity index (χ0n) is 8.61. The van der Waals surface area contributed by atoms with Crippen LogP contribution in [0.3, 0.4) is 0 Å². The van der Waals surface area contributed by atoms with Crippen LogP contribution in [0.5, 0.6) is 0 Å². The second kappa shape index (κ2) is 4.31. The molecule has 0 saturated carbocycles. The summed E-state index contributed by atoms with van der Waals surface area (Å²) in [6, 6.07) is 1.21. The van der Waals surface area contributed by atoms with Gasteiger partial charge < -0.3 is 5.73 Å². The lowest BCUT2D eigenvalue weighted by atomic mass is 9.99. The minimum Gasteiger partial charge on any atom is -0.398 e. The lowest BCUT2D eigenvalue weighted by Gasteiger charge is -2.15. The van der Waals surface area contributed by atoms with E-state index in [0.717, 1.165) is 13.0 Å². The first-order valence-electron chi connectivity index (χ1n) is 4.44. The Labute approximate surface area is 93.2 Å². The van der Waals surface area contributed by atoms with Gasteiger partial charge >= 0.3 is 6.18 Å². The monoisotopic (exact) mass is 253 g/mol. The van der Waals surface area contributed by atoms with Crippen molar-refractivity contribution in [3.63, 3.8) is 0 Å². The van der Waals surface area contributed by atoms with Crippen molar-refractivity contribution in [3.8, 4) is 0 Å². The van der Waals surface area contributed by atoms with E-state index in [1.165, 1.54) is 0 Å². The molecular formula is C10H8F5NO. The van der Waals surface area contributed by atoms with Crippen LogP contribution in [0.4, 0.5) is 27.6 Å². The van der Waals surface area contributed by atoms with Crippen molar-refractivity contribution < 1.29 is 26.7 Å². The quantitative estimate of drug-likeness (QED) is 0.498. The van der Waals surface area contributed by atoms with Crippen LogP contribution in [0.2, 0.25) is 0 Å². The number of Topliss-reactive ketones (excluding diaryl/α,β-unsaturated/α-hetero) is 1. The number of rotatable bonds is 2. The van der Waals surface area contributed by atoms with Gasteiger partial charge in [-0.15, -0.1) is 0 Å². The summed E-state index contributed by atoms with van der Waals surface area (Å²) in [6.45, 7) is 1.02. The Morgan fingerprint density at radius 2 is 1.82 bits per heavy atom. The molecule has 0 heterocycles. The molecule has 0 fully saturated rings. The third-order valence-electron chi connectivity index (χ3n) is 2.14. The van der Waals surface area contributed by atoms with Crippen molar-refractivity contribution >= 4 is 11.5 Å². The van der Waals surface area contributed by atoms with Gasteiger partial charge in [0.1, 0.15) is 0 Å². The zero-order chi connectivity index (χ0) is 13.4. The highest BCUT2D eigenvalue weighted by molar-refractivity contribution is 5.95. The van der Waals surface area contributed by atoms with Crippen molar-refractivity contribution in [2.24, 2.45) is 0 Å². The van der Waals surface area contributed by atoms with E-state index < -0.39 is 35.2 Å². The number of halogens is 5. The summed E-state index contributed by atoms with van der Waals surface area (Å²) >= 11 is 0. The molecule has 1 aromatic carbocycles. The molecule has 94 valence electrons. The summed E-state index contributed by atoms with van der Waals surface area (Å²) in [4.78, 5) is 10.9. The number of carbonyl (C=O) groups is 1. The highest BCUT2D eigenvalue weighted by Gasteiger charge is 2.37. The summed E-state index contributed by atoms with van der Waals surface area (Å²) in [7, 11) is 0. The molecule has 17 heavy (non-hydrogen) atoms. The molecule has 2 N–H and O–H groups in total. The van der Waals surface area contributed by atoms with E-state index in [1.807, 2.05) is 0 Å². The Kier molecular flexibility index (Phi) is 3.40. The molecule has 0 aromatic heterocycles. The minimum atomic E-state index is -4.98. The van der Waals surface area contributed by atoms with Gasteiger partial charge in [0, 0.05) is 11.3 Å². The van der Waals surface area contributed by atoms with E-state index in [1.54, 1.807) is 0 Å². The first-order chi connectivity index (χ1) is 7.64. The molecule has 1 rings (SSSR count). The number of ketones is 1. The smallest absolute Gasteiger partial charge is 0.398 e. The molecule has 0 aliphatic heterocycles. The van der Waals surface area contributed by atoms with Crippen molar-refractivity contribution in [1.82, 2.24) is 0 Å². The molecule has 0 unspecified atom stereocenters. The van der Waals surface area contributed by atoms with Crippen molar-refractivity contribution in [2.45, 2.75) is 19.5 Å². The van der Waals surface area contributed by atoms with E-state index in [2.05, 4.69) is 0 Å². The van der Waals surface area contributed by atoms with Gasteiger partial charge in [-0.2, -0.15) is 13.2 Å². The van der Waals surface area contributed by atoms with Crippen LogP contribution in [0.1, 0.15) is 34.8 Å². The number of alkyl halides is 5. The third-order valence-corrected chi connectivity index (χ3v) is 2.14. The number of hydrogen-bond donors (Lipinski definition) is 1. The molecule has 1 aromatic rings. The molecule has 0 aliphatic rings. The summed E-state index contributed by atoms with van der Waals surface area (Å²) in [5, 5.41) is 0. The fourth-order valence-electron chi connectivity index (χ4n) is 1.36. The number of nitrogen functional groups attached to an aromatic ring is 1. The lowest BCUT2D eigenvalue weighted by Crippen LogP contribution is -2.13. The maximum Gasteiger partial charge on any atom is 0.416 e. The molecule has 2 nitrogen and oxygen atoms in total. The molecular weight excluding hydrogens is 245 g/mol. The highest BCUT2D eigenvalue weighted by Crippen LogP contribution is 2.39. The first kappa shape index (κ1) is 13.4. The second-order valence-corrected chi connectivity index (χ2v) is 3.38. The molecule has 0 spiro atoms. The van der Waals surface area contributed by atoms with E-state index in [-0.39, 0.29) is 5.56 Å². The third kappa shape index (κ3) is 2.72. The lowest BCUT2D eigenvalue weighted by molar-refractivity contribution is -0.139. The van der Waals surface area contributed by atoms with Crippen LogP contribution in [-0.2, 0) is 6.18 Å². The van der Waals surface area contributed by atoms with Gasteiger partial charge in [0.05, 0.1) is 11.1 Å². The second-order valence-electron chi connectivity index (χ2n) is 3.38. The average molecular weight is 253 g/mol. The average Bonchev–Trinajstić information content (AvgIpc) is 2.14. The van der Waals surface area contributed by atoms with Crippen LogP contribution in [0.25, 0.3) is 0 Å². The van der Waals surface area contributed by atoms with Crippen LogP contribution < -0.4 is 5.73 Å². The highest BCUT2D eigenvalue weighted by atomic mass is 19.4. The molecule has 0 saturated heterocycles. The van der Waals surface area contributed by atoms with E-state index in [0.29, 0.717) is 6.07 Å². The van der Waals surface area contributed by atoms with E-state index >= 15 is 0 Å². The van der Waals surface area contributed by atoms with Gasteiger partial charge in [-0.05, 0) is 19.1 Å². The fraction of sp³-hybridized carbons (Fsp3) is 0.300. The van der Waals surface area contributed by atoms with Gasteiger partial charge in [0.15, 0.2) is 5.78 Å². The van der Waals surface area contributed by atoms with Gasteiger partial charge in [-0.25, -0.2) is 8.78 Å². The molecule has 0 atom stereocenters. The molecule has 7 heteroatoms. The molecule has 0 radical (unpaired) electrons. The van der Waals surface area contributed by atoms with Gasteiger partial charge in [-0.1, -0.05) is 0 Å². The van der Waals surface area contributed by atoms with Gasteiger partial charge in [-0.3, -0.25) is 4.79 Å². The Hall–Kier alpha value is -1.66. The Balaban J connectivity index is 3.57. The minimum absolute atomic E-state index is 0.348. The fourth-order valence-corrected chi connectivity index (χ4v) is 1.36. The number of anilines is 1. The first-order valence-corrected chi connectivity index (χ1v) is 4.44. The Bertz CT molecular complexity index is 453. The van der Waals surface area contributed by atoms with Crippen LogP contribution in [0.15, 0.2) is 12.1 Å². The molecule has 0 amide bonds. The van der Waals surface area contributed by atoms with Crippen LogP contribution >= 0.6 is 0 Å². The molecule has 0 aliphatic carbocycles. The van der Waals surface area contributed by atoms with Crippen molar-refractivity contribution in [2.75, 3.05) is 5.73 Å². The van der Waals surface area contributed by atoms with Crippen LogP contribution in [-0.4, -0.2) is 5.78 Å². The van der Waals surface area contributed by atoms with Crippen molar-refractivity contribution in [3.05, 3.63) is 28.8 Å². The summed E-state index contributed by atoms with van der Waals surface area (Å²) in [5.74, 6) is -0.678. The van der Waals surface area contributed by atoms with Gasteiger partial charge in [0.25, 0.3) is 6.43 Å². The van der Waals surface area contributed by atoms with Crippen molar-refractivity contribution in [1.29, 1.82) is 0 Å². The number of nitrogens with two attached hydrogens (primary N) is 1. The SMILES string of the molecule is CC(=O)c1cc(N)c(C(F)F)c(C(F)(F)F)c1. The predicted molar refractivity (Wildman–Crippen MR) is 50.8 cm³/mol. The topological polar surface area (TPSA) is 43.1 Å². The normalized spacial score (nSPS) is 11.9.